The monoisotopic (exact) mass is 296 g/mol. The lowest BCUT2D eigenvalue weighted by molar-refractivity contribution is 0.311. The maximum atomic E-state index is 5.47. The van der Waals surface area contributed by atoms with Crippen LogP contribution in [0.3, 0.4) is 0 Å². The standard InChI is InChI=1S/C17H20N4O/c1-12(2)17-20-14(11-22-17)10-21(3)9-13-8-18-15-6-4-5-7-16(15)19-13/h4-8,11-12H,9-10H2,1-3H3. The summed E-state index contributed by atoms with van der Waals surface area (Å²) in [6.45, 7) is 5.60. The van der Waals surface area contributed by atoms with Crippen molar-refractivity contribution in [3.8, 4) is 0 Å². The molecule has 0 radical (unpaired) electrons. The molecule has 0 unspecified atom stereocenters. The van der Waals surface area contributed by atoms with E-state index in [1.165, 1.54) is 0 Å². The third-order valence-electron chi connectivity index (χ3n) is 3.43. The van der Waals surface area contributed by atoms with Crippen molar-refractivity contribution in [2.45, 2.75) is 32.9 Å². The van der Waals surface area contributed by atoms with E-state index in [0.29, 0.717) is 5.92 Å². The van der Waals surface area contributed by atoms with E-state index >= 15 is 0 Å². The zero-order valence-electron chi connectivity index (χ0n) is 13.2. The van der Waals surface area contributed by atoms with Gasteiger partial charge in [-0.1, -0.05) is 26.0 Å². The molecule has 0 bridgehead atoms. The lowest BCUT2D eigenvalue weighted by Crippen LogP contribution is -2.18. The average Bonchev–Trinajstić information content (AvgIpc) is 2.95. The molecule has 22 heavy (non-hydrogen) atoms. The zero-order chi connectivity index (χ0) is 15.5. The minimum atomic E-state index is 0.311. The highest BCUT2D eigenvalue weighted by molar-refractivity contribution is 5.73. The molecule has 3 rings (SSSR count). The van der Waals surface area contributed by atoms with Gasteiger partial charge in [0.15, 0.2) is 5.89 Å². The Balaban J connectivity index is 1.68. The Kier molecular flexibility index (Phi) is 4.15. The average molecular weight is 296 g/mol. The lowest BCUT2D eigenvalue weighted by Gasteiger charge is -2.14. The molecule has 5 heteroatoms. The topological polar surface area (TPSA) is 55.1 Å². The molecular weight excluding hydrogens is 276 g/mol. The maximum Gasteiger partial charge on any atom is 0.196 e. The second kappa shape index (κ2) is 6.23. The molecule has 0 saturated carbocycles. The van der Waals surface area contributed by atoms with Gasteiger partial charge in [-0.25, -0.2) is 9.97 Å². The fourth-order valence-electron chi connectivity index (χ4n) is 2.34. The van der Waals surface area contributed by atoms with Crippen LogP contribution in [0.5, 0.6) is 0 Å². The molecule has 0 atom stereocenters. The van der Waals surface area contributed by atoms with Gasteiger partial charge >= 0.3 is 0 Å². The van der Waals surface area contributed by atoms with Gasteiger partial charge in [-0.3, -0.25) is 9.88 Å². The molecule has 3 aromatic rings. The number of hydrogen-bond donors (Lipinski definition) is 0. The summed E-state index contributed by atoms with van der Waals surface area (Å²) < 4.78 is 5.47. The minimum Gasteiger partial charge on any atom is -0.448 e. The van der Waals surface area contributed by atoms with Crippen LogP contribution in [0.2, 0.25) is 0 Å². The van der Waals surface area contributed by atoms with Crippen molar-refractivity contribution < 1.29 is 4.42 Å². The summed E-state index contributed by atoms with van der Waals surface area (Å²) in [7, 11) is 2.04. The molecule has 114 valence electrons. The lowest BCUT2D eigenvalue weighted by atomic mass is 10.2. The molecule has 0 aliphatic rings. The molecule has 0 amide bonds. The Morgan fingerprint density at radius 3 is 2.50 bits per heavy atom. The fourth-order valence-corrected chi connectivity index (χ4v) is 2.34. The number of oxazole rings is 1. The minimum absolute atomic E-state index is 0.311. The predicted molar refractivity (Wildman–Crippen MR) is 85.3 cm³/mol. The molecule has 2 heterocycles. The van der Waals surface area contributed by atoms with Crippen LogP contribution in [0, 0.1) is 0 Å². The summed E-state index contributed by atoms with van der Waals surface area (Å²) in [5, 5.41) is 0. The third-order valence-corrected chi connectivity index (χ3v) is 3.43. The van der Waals surface area contributed by atoms with Crippen LogP contribution in [0.1, 0.15) is 37.0 Å². The van der Waals surface area contributed by atoms with Gasteiger partial charge in [-0.05, 0) is 19.2 Å². The van der Waals surface area contributed by atoms with Gasteiger partial charge < -0.3 is 4.42 Å². The van der Waals surface area contributed by atoms with E-state index in [0.717, 1.165) is 41.4 Å². The second-order valence-corrected chi connectivity index (χ2v) is 5.85. The molecule has 0 N–H and O–H groups in total. The van der Waals surface area contributed by atoms with Crippen LogP contribution in [0.4, 0.5) is 0 Å². The van der Waals surface area contributed by atoms with Gasteiger partial charge in [0.2, 0.25) is 0 Å². The Hall–Kier alpha value is -2.27. The Labute approximate surface area is 130 Å². The van der Waals surface area contributed by atoms with Crippen molar-refractivity contribution in [3.63, 3.8) is 0 Å². The smallest absolute Gasteiger partial charge is 0.196 e. The van der Waals surface area contributed by atoms with Crippen molar-refractivity contribution in [2.24, 2.45) is 0 Å². The van der Waals surface area contributed by atoms with Crippen molar-refractivity contribution in [2.75, 3.05) is 7.05 Å². The molecule has 0 aliphatic carbocycles. The van der Waals surface area contributed by atoms with E-state index in [-0.39, 0.29) is 0 Å². The summed E-state index contributed by atoms with van der Waals surface area (Å²) >= 11 is 0. The molecular formula is C17H20N4O. The van der Waals surface area contributed by atoms with Gasteiger partial charge in [0, 0.05) is 19.0 Å². The quantitative estimate of drug-likeness (QED) is 0.722. The molecule has 1 aromatic carbocycles. The largest absolute Gasteiger partial charge is 0.448 e. The number of hydrogen-bond acceptors (Lipinski definition) is 5. The number of para-hydroxylation sites is 2. The fraction of sp³-hybridized carbons (Fsp3) is 0.353. The SMILES string of the molecule is CC(C)c1nc(CN(C)Cc2cnc3ccccc3n2)co1. The summed E-state index contributed by atoms with van der Waals surface area (Å²) in [6.07, 6.45) is 3.57. The Morgan fingerprint density at radius 1 is 1.05 bits per heavy atom. The van der Waals surface area contributed by atoms with E-state index in [1.54, 1.807) is 6.26 Å². The molecule has 5 nitrogen and oxygen atoms in total. The first-order valence-corrected chi connectivity index (χ1v) is 7.45. The van der Waals surface area contributed by atoms with Crippen LogP contribution in [-0.2, 0) is 13.1 Å². The highest BCUT2D eigenvalue weighted by Crippen LogP contribution is 2.15. The number of aromatic nitrogens is 3. The number of nitrogens with zero attached hydrogens (tertiary/aromatic N) is 4. The summed E-state index contributed by atoms with van der Waals surface area (Å²) in [6, 6.07) is 7.91. The van der Waals surface area contributed by atoms with Crippen LogP contribution >= 0.6 is 0 Å². The third kappa shape index (κ3) is 3.31. The molecule has 0 aliphatic heterocycles. The molecule has 0 saturated heterocycles. The summed E-state index contributed by atoms with van der Waals surface area (Å²) in [5.74, 6) is 1.10. The van der Waals surface area contributed by atoms with Gasteiger partial charge in [0.05, 0.1) is 28.6 Å². The van der Waals surface area contributed by atoms with Crippen molar-refractivity contribution in [3.05, 3.63) is 54.0 Å². The first-order valence-electron chi connectivity index (χ1n) is 7.45. The molecule has 0 fully saturated rings. The predicted octanol–water partition coefficient (Wildman–Crippen LogP) is 3.37. The van der Waals surface area contributed by atoms with E-state index in [4.69, 9.17) is 4.42 Å². The first kappa shape index (κ1) is 14.7. The molecule has 0 spiro atoms. The van der Waals surface area contributed by atoms with Gasteiger partial charge in [-0.15, -0.1) is 0 Å². The van der Waals surface area contributed by atoms with Crippen molar-refractivity contribution in [1.82, 2.24) is 19.9 Å². The summed E-state index contributed by atoms with van der Waals surface area (Å²) in [5.41, 5.74) is 3.75. The Morgan fingerprint density at radius 2 is 1.77 bits per heavy atom. The Bertz CT molecular complexity index is 766. The normalized spacial score (nSPS) is 11.7. The van der Waals surface area contributed by atoms with Crippen molar-refractivity contribution in [1.29, 1.82) is 0 Å². The van der Waals surface area contributed by atoms with Crippen LogP contribution in [-0.4, -0.2) is 26.9 Å². The highest BCUT2D eigenvalue weighted by atomic mass is 16.3. The van der Waals surface area contributed by atoms with E-state index < -0.39 is 0 Å². The van der Waals surface area contributed by atoms with E-state index in [2.05, 4.69) is 33.7 Å². The van der Waals surface area contributed by atoms with Crippen LogP contribution < -0.4 is 0 Å². The van der Waals surface area contributed by atoms with Crippen molar-refractivity contribution >= 4 is 11.0 Å². The van der Waals surface area contributed by atoms with Crippen LogP contribution in [0.15, 0.2) is 41.1 Å². The van der Waals surface area contributed by atoms with Gasteiger partial charge in [0.1, 0.15) is 6.26 Å². The summed E-state index contributed by atoms with van der Waals surface area (Å²) in [4.78, 5) is 15.7. The van der Waals surface area contributed by atoms with E-state index in [9.17, 15) is 0 Å². The van der Waals surface area contributed by atoms with Gasteiger partial charge in [0.25, 0.3) is 0 Å². The van der Waals surface area contributed by atoms with Crippen LogP contribution in [0.25, 0.3) is 11.0 Å². The first-order chi connectivity index (χ1) is 10.6. The number of benzene rings is 1. The maximum absolute atomic E-state index is 5.47. The van der Waals surface area contributed by atoms with E-state index in [1.807, 2.05) is 37.5 Å². The second-order valence-electron chi connectivity index (χ2n) is 5.85. The number of fused-ring (bicyclic) bond motifs is 1. The van der Waals surface area contributed by atoms with Gasteiger partial charge in [-0.2, -0.15) is 0 Å². The molecule has 2 aromatic heterocycles. The highest BCUT2D eigenvalue weighted by Gasteiger charge is 2.10. The zero-order valence-corrected chi connectivity index (χ0v) is 13.2. The number of rotatable bonds is 5.